The van der Waals surface area contributed by atoms with Crippen LogP contribution in [0, 0.1) is 0 Å². The minimum atomic E-state index is 0.182. The number of hydrogen-bond acceptors (Lipinski definition) is 3. The van der Waals surface area contributed by atoms with E-state index in [0.717, 1.165) is 5.82 Å². The molecule has 0 amide bonds. The van der Waals surface area contributed by atoms with Crippen LogP contribution in [0.25, 0.3) is 0 Å². The summed E-state index contributed by atoms with van der Waals surface area (Å²) >= 11 is 0. The maximum Gasteiger partial charge on any atom is 0.126 e. The molecule has 2 unspecified atom stereocenters. The Labute approximate surface area is 79.1 Å². The van der Waals surface area contributed by atoms with Gasteiger partial charge >= 0.3 is 0 Å². The first kappa shape index (κ1) is 9.99. The molecule has 0 aliphatic carbocycles. The lowest BCUT2D eigenvalue weighted by molar-refractivity contribution is 0.106. The van der Waals surface area contributed by atoms with Crippen molar-refractivity contribution in [3.05, 3.63) is 24.4 Å². The van der Waals surface area contributed by atoms with Gasteiger partial charge in [0, 0.05) is 13.3 Å². The molecule has 0 saturated heterocycles. The lowest BCUT2D eigenvalue weighted by Crippen LogP contribution is -2.29. The molecular weight excluding hydrogens is 164 g/mol. The van der Waals surface area contributed by atoms with E-state index in [0.29, 0.717) is 0 Å². The smallest absolute Gasteiger partial charge is 0.126 e. The van der Waals surface area contributed by atoms with Gasteiger partial charge < -0.3 is 10.1 Å². The van der Waals surface area contributed by atoms with Crippen LogP contribution in [0.15, 0.2) is 24.4 Å². The molecule has 72 valence electrons. The van der Waals surface area contributed by atoms with Gasteiger partial charge in [-0.2, -0.15) is 0 Å². The van der Waals surface area contributed by atoms with E-state index in [1.54, 1.807) is 13.3 Å². The van der Waals surface area contributed by atoms with Gasteiger partial charge in [0.25, 0.3) is 0 Å². The molecule has 0 aromatic carbocycles. The molecule has 3 nitrogen and oxygen atoms in total. The van der Waals surface area contributed by atoms with Crippen LogP contribution < -0.4 is 5.32 Å². The average molecular weight is 180 g/mol. The predicted octanol–water partition coefficient (Wildman–Crippen LogP) is 1.92. The van der Waals surface area contributed by atoms with Crippen LogP contribution >= 0.6 is 0 Å². The molecule has 1 aromatic rings. The monoisotopic (exact) mass is 180 g/mol. The van der Waals surface area contributed by atoms with Crippen molar-refractivity contribution in [1.29, 1.82) is 0 Å². The summed E-state index contributed by atoms with van der Waals surface area (Å²) in [6.45, 7) is 4.10. The highest BCUT2D eigenvalue weighted by Crippen LogP contribution is 2.06. The van der Waals surface area contributed by atoms with Crippen LogP contribution in [0.5, 0.6) is 0 Å². The molecule has 1 aromatic heterocycles. The maximum absolute atomic E-state index is 5.19. The Kier molecular flexibility index (Phi) is 3.71. The van der Waals surface area contributed by atoms with Crippen LogP contribution in [-0.4, -0.2) is 24.2 Å². The fourth-order valence-corrected chi connectivity index (χ4v) is 1.00. The fraction of sp³-hybridized carbons (Fsp3) is 0.500. The van der Waals surface area contributed by atoms with Crippen molar-refractivity contribution in [3.8, 4) is 0 Å². The molecule has 0 aliphatic heterocycles. The zero-order valence-corrected chi connectivity index (χ0v) is 8.32. The zero-order valence-electron chi connectivity index (χ0n) is 8.32. The number of aromatic nitrogens is 1. The lowest BCUT2D eigenvalue weighted by Gasteiger charge is -2.20. The summed E-state index contributed by atoms with van der Waals surface area (Å²) in [5.41, 5.74) is 0. The number of methoxy groups -OCH3 is 1. The van der Waals surface area contributed by atoms with Crippen LogP contribution in [0.3, 0.4) is 0 Å². The molecule has 13 heavy (non-hydrogen) atoms. The van der Waals surface area contributed by atoms with Gasteiger partial charge in [0.05, 0.1) is 12.1 Å². The Balaban J connectivity index is 2.50. The Bertz CT molecular complexity index is 238. The quantitative estimate of drug-likeness (QED) is 0.768. The third kappa shape index (κ3) is 3.03. The molecule has 2 atom stereocenters. The van der Waals surface area contributed by atoms with Gasteiger partial charge in [0.2, 0.25) is 0 Å². The Morgan fingerprint density at radius 1 is 1.38 bits per heavy atom. The van der Waals surface area contributed by atoms with E-state index in [1.807, 2.05) is 25.1 Å². The van der Waals surface area contributed by atoms with Crippen LogP contribution in [0.2, 0.25) is 0 Å². The standard InChI is InChI=1S/C10H16N2O/c1-8(9(2)13-3)12-10-6-4-5-7-11-10/h4-9H,1-3H3,(H,11,12). The van der Waals surface area contributed by atoms with Crippen molar-refractivity contribution >= 4 is 5.82 Å². The molecule has 0 spiro atoms. The SMILES string of the molecule is COC(C)C(C)Nc1ccccn1. The van der Waals surface area contributed by atoms with E-state index in [9.17, 15) is 0 Å². The highest BCUT2D eigenvalue weighted by Gasteiger charge is 2.10. The molecule has 0 radical (unpaired) electrons. The summed E-state index contributed by atoms with van der Waals surface area (Å²) in [6.07, 6.45) is 1.95. The van der Waals surface area contributed by atoms with Gasteiger partial charge in [-0.3, -0.25) is 0 Å². The number of hydrogen-bond donors (Lipinski definition) is 1. The summed E-state index contributed by atoms with van der Waals surface area (Å²) in [4.78, 5) is 4.17. The molecule has 0 saturated carbocycles. The molecule has 0 bridgehead atoms. The lowest BCUT2D eigenvalue weighted by atomic mass is 10.2. The van der Waals surface area contributed by atoms with Crippen molar-refractivity contribution in [2.75, 3.05) is 12.4 Å². The molecule has 3 heteroatoms. The van der Waals surface area contributed by atoms with Crippen molar-refractivity contribution in [1.82, 2.24) is 4.98 Å². The van der Waals surface area contributed by atoms with E-state index >= 15 is 0 Å². The summed E-state index contributed by atoms with van der Waals surface area (Å²) in [7, 11) is 1.71. The fourth-order valence-electron chi connectivity index (χ4n) is 1.00. The number of ether oxygens (including phenoxy) is 1. The van der Waals surface area contributed by atoms with Crippen molar-refractivity contribution in [3.63, 3.8) is 0 Å². The molecule has 1 heterocycles. The highest BCUT2D eigenvalue weighted by atomic mass is 16.5. The summed E-state index contributed by atoms with van der Waals surface area (Å²) in [5, 5.41) is 3.26. The molecular formula is C10H16N2O. The number of pyridine rings is 1. The number of nitrogens with one attached hydrogen (secondary N) is 1. The van der Waals surface area contributed by atoms with E-state index in [4.69, 9.17) is 4.74 Å². The molecule has 0 aliphatic rings. The largest absolute Gasteiger partial charge is 0.380 e. The van der Waals surface area contributed by atoms with Gasteiger partial charge in [0.1, 0.15) is 5.82 Å². The average Bonchev–Trinajstić information content (AvgIpc) is 2.18. The first-order chi connectivity index (χ1) is 6.24. The Hall–Kier alpha value is -1.09. The third-order valence-corrected chi connectivity index (χ3v) is 2.12. The second kappa shape index (κ2) is 4.82. The highest BCUT2D eigenvalue weighted by molar-refractivity contribution is 5.34. The van der Waals surface area contributed by atoms with E-state index in [-0.39, 0.29) is 12.1 Å². The number of nitrogens with zero attached hydrogens (tertiary/aromatic N) is 1. The third-order valence-electron chi connectivity index (χ3n) is 2.12. The van der Waals surface area contributed by atoms with Crippen LogP contribution in [0.4, 0.5) is 5.82 Å². The van der Waals surface area contributed by atoms with E-state index in [1.165, 1.54) is 0 Å². The Morgan fingerprint density at radius 3 is 2.69 bits per heavy atom. The first-order valence-electron chi connectivity index (χ1n) is 4.44. The van der Waals surface area contributed by atoms with Crippen LogP contribution in [-0.2, 0) is 4.74 Å². The normalized spacial score (nSPS) is 15.0. The maximum atomic E-state index is 5.19. The van der Waals surface area contributed by atoms with E-state index in [2.05, 4.69) is 17.2 Å². The van der Waals surface area contributed by atoms with Crippen molar-refractivity contribution in [2.24, 2.45) is 0 Å². The minimum absolute atomic E-state index is 0.182. The van der Waals surface area contributed by atoms with Crippen molar-refractivity contribution in [2.45, 2.75) is 26.0 Å². The second-order valence-corrected chi connectivity index (χ2v) is 3.09. The van der Waals surface area contributed by atoms with Gasteiger partial charge in [-0.15, -0.1) is 0 Å². The first-order valence-corrected chi connectivity index (χ1v) is 4.44. The zero-order chi connectivity index (χ0) is 9.68. The minimum Gasteiger partial charge on any atom is -0.380 e. The van der Waals surface area contributed by atoms with Crippen molar-refractivity contribution < 1.29 is 4.74 Å². The molecule has 1 rings (SSSR count). The molecule has 0 fully saturated rings. The second-order valence-electron chi connectivity index (χ2n) is 3.09. The topological polar surface area (TPSA) is 34.1 Å². The number of anilines is 1. The van der Waals surface area contributed by atoms with Gasteiger partial charge in [-0.25, -0.2) is 4.98 Å². The predicted molar refractivity (Wildman–Crippen MR) is 53.8 cm³/mol. The van der Waals surface area contributed by atoms with Crippen LogP contribution in [0.1, 0.15) is 13.8 Å². The van der Waals surface area contributed by atoms with Gasteiger partial charge in [-0.05, 0) is 26.0 Å². The summed E-state index contributed by atoms with van der Waals surface area (Å²) in [5.74, 6) is 0.888. The van der Waals surface area contributed by atoms with E-state index < -0.39 is 0 Å². The van der Waals surface area contributed by atoms with Gasteiger partial charge in [-0.1, -0.05) is 6.07 Å². The summed E-state index contributed by atoms with van der Waals surface area (Å²) in [6, 6.07) is 6.06. The Morgan fingerprint density at radius 2 is 2.15 bits per heavy atom. The molecule has 1 N–H and O–H groups in total. The number of rotatable bonds is 4. The summed E-state index contributed by atoms with van der Waals surface area (Å²) < 4.78 is 5.19. The van der Waals surface area contributed by atoms with Gasteiger partial charge in [0.15, 0.2) is 0 Å².